The first-order chi connectivity index (χ1) is 13.1. The van der Waals surface area contributed by atoms with E-state index in [2.05, 4.69) is 17.8 Å². The first kappa shape index (κ1) is 20.1. The first-order valence-corrected chi connectivity index (χ1v) is 8.72. The van der Waals surface area contributed by atoms with E-state index in [-0.39, 0.29) is 6.61 Å². The molecule has 0 bridgehead atoms. The fourth-order valence-electron chi connectivity index (χ4n) is 2.18. The Bertz CT molecular complexity index is 764. The van der Waals surface area contributed by atoms with E-state index in [1.54, 1.807) is 48.5 Å². The number of methoxy groups -OCH3 is 1. The summed E-state index contributed by atoms with van der Waals surface area (Å²) in [6.07, 6.45) is 1.97. The lowest BCUT2D eigenvalue weighted by molar-refractivity contribution is -0.123. The second-order valence-electron chi connectivity index (χ2n) is 5.67. The first-order valence-electron chi connectivity index (χ1n) is 8.72. The Kier molecular flexibility index (Phi) is 7.96. The Hall–Kier alpha value is -3.22. The van der Waals surface area contributed by atoms with Crippen LogP contribution in [-0.4, -0.2) is 32.1 Å². The predicted molar refractivity (Wildman–Crippen MR) is 101 cm³/mol. The van der Waals surface area contributed by atoms with Gasteiger partial charge in [0, 0.05) is 5.56 Å². The van der Waals surface area contributed by atoms with Gasteiger partial charge in [0.15, 0.2) is 18.1 Å². The quantitative estimate of drug-likeness (QED) is 0.522. The summed E-state index contributed by atoms with van der Waals surface area (Å²) in [6.45, 7) is 2.41. The topological polar surface area (TPSA) is 85.9 Å². The Morgan fingerprint density at radius 1 is 0.963 bits per heavy atom. The average Bonchev–Trinajstić information content (AvgIpc) is 2.71. The van der Waals surface area contributed by atoms with Crippen LogP contribution in [0.3, 0.4) is 0 Å². The minimum atomic E-state index is -0.496. The highest BCUT2D eigenvalue weighted by Crippen LogP contribution is 2.25. The van der Waals surface area contributed by atoms with E-state index in [0.717, 1.165) is 12.8 Å². The maximum absolute atomic E-state index is 12.2. The van der Waals surface area contributed by atoms with E-state index in [9.17, 15) is 9.59 Å². The summed E-state index contributed by atoms with van der Waals surface area (Å²) in [7, 11) is 1.52. The molecule has 2 amide bonds. The molecular weight excluding hydrogens is 348 g/mol. The van der Waals surface area contributed by atoms with Crippen LogP contribution >= 0.6 is 0 Å². The normalized spacial score (nSPS) is 10.0. The molecule has 2 aromatic carbocycles. The summed E-state index contributed by atoms with van der Waals surface area (Å²) >= 11 is 0. The number of carbonyl (C=O) groups is 2. The summed E-state index contributed by atoms with van der Waals surface area (Å²) in [4.78, 5) is 24.0. The van der Waals surface area contributed by atoms with Gasteiger partial charge in [-0.05, 0) is 36.8 Å². The molecule has 2 N–H and O–H groups in total. The number of ether oxygens (including phenoxy) is 3. The van der Waals surface area contributed by atoms with Crippen molar-refractivity contribution in [1.29, 1.82) is 0 Å². The molecule has 0 saturated carbocycles. The van der Waals surface area contributed by atoms with Crippen LogP contribution < -0.4 is 25.1 Å². The highest BCUT2D eigenvalue weighted by Gasteiger charge is 2.10. The van der Waals surface area contributed by atoms with Gasteiger partial charge in [0.2, 0.25) is 0 Å². The van der Waals surface area contributed by atoms with Gasteiger partial charge in [0.1, 0.15) is 5.75 Å². The molecule has 0 aliphatic rings. The minimum absolute atomic E-state index is 0.263. The maximum Gasteiger partial charge on any atom is 0.276 e. The van der Waals surface area contributed by atoms with Crippen molar-refractivity contribution in [2.45, 2.75) is 19.8 Å². The van der Waals surface area contributed by atoms with E-state index in [4.69, 9.17) is 14.2 Å². The number of hydrogen-bond acceptors (Lipinski definition) is 5. The highest BCUT2D eigenvalue weighted by atomic mass is 16.5. The third-order valence-corrected chi connectivity index (χ3v) is 3.61. The number of nitrogens with one attached hydrogen (secondary N) is 2. The molecule has 27 heavy (non-hydrogen) atoms. The molecule has 7 nitrogen and oxygen atoms in total. The molecule has 0 spiro atoms. The molecule has 0 atom stereocenters. The number of hydrogen-bond donors (Lipinski definition) is 2. The van der Waals surface area contributed by atoms with Crippen LogP contribution in [0.5, 0.6) is 17.2 Å². The second kappa shape index (κ2) is 10.7. The van der Waals surface area contributed by atoms with Crippen molar-refractivity contribution >= 4 is 11.8 Å². The molecule has 0 aliphatic heterocycles. The lowest BCUT2D eigenvalue weighted by atomic mass is 10.2. The lowest BCUT2D eigenvalue weighted by Crippen LogP contribution is -2.43. The minimum Gasteiger partial charge on any atom is -0.494 e. The number of rotatable bonds is 9. The van der Waals surface area contributed by atoms with Crippen LogP contribution in [0.1, 0.15) is 30.1 Å². The second-order valence-corrected chi connectivity index (χ2v) is 5.67. The Labute approximate surface area is 158 Å². The Morgan fingerprint density at radius 3 is 2.48 bits per heavy atom. The van der Waals surface area contributed by atoms with E-state index in [1.165, 1.54) is 7.11 Å². The van der Waals surface area contributed by atoms with Gasteiger partial charge in [-0.2, -0.15) is 0 Å². The zero-order valence-electron chi connectivity index (χ0n) is 15.5. The van der Waals surface area contributed by atoms with Gasteiger partial charge in [0.25, 0.3) is 11.8 Å². The standard InChI is InChI=1S/C20H24N2O5/c1-3-4-12-26-16-9-7-8-15(13-16)20(24)22-21-19(23)14-27-18-11-6-5-10-17(18)25-2/h5-11,13H,3-4,12,14H2,1-2H3,(H,21,23)(H,22,24). The van der Waals surface area contributed by atoms with Crippen LogP contribution in [0.25, 0.3) is 0 Å². The molecule has 0 radical (unpaired) electrons. The summed E-state index contributed by atoms with van der Waals surface area (Å²) in [6, 6.07) is 13.8. The third-order valence-electron chi connectivity index (χ3n) is 3.61. The number of unbranched alkanes of at least 4 members (excludes halogenated alkanes) is 1. The SMILES string of the molecule is CCCCOc1cccc(C(=O)NNC(=O)COc2ccccc2OC)c1. The van der Waals surface area contributed by atoms with Crippen molar-refractivity contribution in [1.82, 2.24) is 10.9 Å². The number of para-hydroxylation sites is 2. The predicted octanol–water partition coefficient (Wildman–Crippen LogP) is 2.71. The summed E-state index contributed by atoms with van der Waals surface area (Å²) in [5.74, 6) is 0.640. The number of benzene rings is 2. The van der Waals surface area contributed by atoms with Crippen molar-refractivity contribution in [3.05, 3.63) is 54.1 Å². The number of hydrazine groups is 1. The molecule has 0 heterocycles. The van der Waals surface area contributed by atoms with Gasteiger partial charge in [0.05, 0.1) is 13.7 Å². The summed E-state index contributed by atoms with van der Waals surface area (Å²) in [5, 5.41) is 0. The van der Waals surface area contributed by atoms with Crippen LogP contribution in [0.2, 0.25) is 0 Å². The number of carbonyl (C=O) groups excluding carboxylic acids is 2. The third kappa shape index (κ3) is 6.54. The molecular formula is C20H24N2O5. The molecule has 0 aliphatic carbocycles. The fraction of sp³-hybridized carbons (Fsp3) is 0.300. The molecule has 0 saturated heterocycles. The van der Waals surface area contributed by atoms with E-state index in [0.29, 0.717) is 29.4 Å². The molecule has 2 aromatic rings. The van der Waals surface area contributed by atoms with Crippen molar-refractivity contribution in [3.8, 4) is 17.2 Å². The van der Waals surface area contributed by atoms with Gasteiger partial charge in [-0.1, -0.05) is 31.5 Å². The summed E-state index contributed by atoms with van der Waals surface area (Å²) in [5.41, 5.74) is 5.05. The average molecular weight is 372 g/mol. The molecule has 144 valence electrons. The van der Waals surface area contributed by atoms with E-state index >= 15 is 0 Å². The zero-order chi connectivity index (χ0) is 19.5. The van der Waals surface area contributed by atoms with Gasteiger partial charge >= 0.3 is 0 Å². The van der Waals surface area contributed by atoms with Crippen LogP contribution in [0.4, 0.5) is 0 Å². The zero-order valence-corrected chi connectivity index (χ0v) is 15.5. The Balaban J connectivity index is 1.80. The maximum atomic E-state index is 12.2. The highest BCUT2D eigenvalue weighted by molar-refractivity contribution is 5.95. The molecule has 0 aromatic heterocycles. The van der Waals surface area contributed by atoms with Gasteiger partial charge < -0.3 is 14.2 Å². The van der Waals surface area contributed by atoms with Gasteiger partial charge in [-0.25, -0.2) is 0 Å². The van der Waals surface area contributed by atoms with Gasteiger partial charge in [-0.15, -0.1) is 0 Å². The molecule has 0 fully saturated rings. The largest absolute Gasteiger partial charge is 0.494 e. The van der Waals surface area contributed by atoms with Gasteiger partial charge in [-0.3, -0.25) is 20.4 Å². The fourth-order valence-corrected chi connectivity index (χ4v) is 2.18. The van der Waals surface area contributed by atoms with Crippen LogP contribution in [-0.2, 0) is 4.79 Å². The lowest BCUT2D eigenvalue weighted by Gasteiger charge is -2.11. The van der Waals surface area contributed by atoms with Crippen LogP contribution in [0.15, 0.2) is 48.5 Å². The van der Waals surface area contributed by atoms with Crippen molar-refractivity contribution in [3.63, 3.8) is 0 Å². The Morgan fingerprint density at radius 2 is 1.74 bits per heavy atom. The molecule has 2 rings (SSSR count). The smallest absolute Gasteiger partial charge is 0.276 e. The number of amides is 2. The molecule has 7 heteroatoms. The van der Waals surface area contributed by atoms with Crippen molar-refractivity contribution in [2.75, 3.05) is 20.3 Å². The van der Waals surface area contributed by atoms with Crippen LogP contribution in [0, 0.1) is 0 Å². The molecule has 0 unspecified atom stereocenters. The van der Waals surface area contributed by atoms with Crippen molar-refractivity contribution < 1.29 is 23.8 Å². The van der Waals surface area contributed by atoms with Crippen molar-refractivity contribution in [2.24, 2.45) is 0 Å². The van der Waals surface area contributed by atoms with E-state index < -0.39 is 11.8 Å². The summed E-state index contributed by atoms with van der Waals surface area (Å²) < 4.78 is 16.1. The van der Waals surface area contributed by atoms with E-state index in [1.807, 2.05) is 0 Å². The monoisotopic (exact) mass is 372 g/mol.